The van der Waals surface area contributed by atoms with Crippen LogP contribution in [0.4, 0.5) is 13.2 Å². The van der Waals surface area contributed by atoms with Crippen LogP contribution in [0, 0.1) is 13.8 Å². The van der Waals surface area contributed by atoms with E-state index in [0.29, 0.717) is 37.8 Å². The summed E-state index contributed by atoms with van der Waals surface area (Å²) in [6.07, 6.45) is -4.71. The van der Waals surface area contributed by atoms with E-state index in [0.717, 1.165) is 6.07 Å². The fourth-order valence-electron chi connectivity index (χ4n) is 5.12. The van der Waals surface area contributed by atoms with Gasteiger partial charge in [-0.15, -0.1) is 11.3 Å². The number of alkyl halides is 3. The molecule has 45 heavy (non-hydrogen) atoms. The molecule has 6 rings (SSSR count). The molecule has 0 radical (unpaired) electrons. The van der Waals surface area contributed by atoms with Gasteiger partial charge in [0, 0.05) is 32.8 Å². The van der Waals surface area contributed by atoms with Crippen LogP contribution in [0.3, 0.4) is 0 Å². The minimum Gasteiger partial charge on any atom is -0.491 e. The van der Waals surface area contributed by atoms with Crippen LogP contribution in [0.25, 0.3) is 43.6 Å². The second-order valence-electron chi connectivity index (χ2n) is 10.2. The number of carboxylic acid groups (broad SMARTS) is 1. The van der Waals surface area contributed by atoms with Crippen molar-refractivity contribution in [1.82, 2.24) is 19.5 Å². The Balaban J connectivity index is 1.36. The Kier molecular flexibility index (Phi) is 7.79. The van der Waals surface area contributed by atoms with Gasteiger partial charge in [0.2, 0.25) is 0 Å². The highest BCUT2D eigenvalue weighted by Crippen LogP contribution is 2.41. The van der Waals surface area contributed by atoms with E-state index in [1.165, 1.54) is 40.3 Å². The molecule has 2 aromatic carbocycles. The fraction of sp³-hybridized carbons (Fsp3) is 0.156. The molecule has 4 heterocycles. The molecule has 6 aromatic rings. The summed E-state index contributed by atoms with van der Waals surface area (Å²) in [5.41, 5.74) is 0.270. The molecule has 0 aliphatic rings. The maximum atomic E-state index is 14.0. The maximum absolute atomic E-state index is 14.0. The van der Waals surface area contributed by atoms with Crippen LogP contribution in [0.15, 0.2) is 70.8 Å². The van der Waals surface area contributed by atoms with Gasteiger partial charge in [-0.2, -0.15) is 13.2 Å². The monoisotopic (exact) mass is 650 g/mol. The minimum absolute atomic E-state index is 0.00717. The lowest BCUT2D eigenvalue weighted by atomic mass is 10.0. The van der Waals surface area contributed by atoms with E-state index in [-0.39, 0.29) is 46.8 Å². The number of aromatic nitrogens is 4. The molecule has 0 fully saturated rings. The second kappa shape index (κ2) is 11.6. The molecule has 0 amide bonds. The van der Waals surface area contributed by atoms with Gasteiger partial charge < -0.3 is 9.84 Å². The van der Waals surface area contributed by atoms with Crippen molar-refractivity contribution < 1.29 is 27.8 Å². The first-order chi connectivity index (χ1) is 21.4. The maximum Gasteiger partial charge on any atom is 0.418 e. The van der Waals surface area contributed by atoms with Crippen molar-refractivity contribution >= 4 is 50.2 Å². The van der Waals surface area contributed by atoms with Crippen LogP contribution < -0.4 is 10.3 Å². The summed E-state index contributed by atoms with van der Waals surface area (Å²) >= 11 is 7.59. The third-order valence-corrected chi connectivity index (χ3v) is 8.40. The summed E-state index contributed by atoms with van der Waals surface area (Å²) in [5.74, 6) is -0.464. The van der Waals surface area contributed by atoms with Crippen molar-refractivity contribution in [2.75, 3.05) is 6.61 Å². The Labute approximate surface area is 262 Å². The lowest BCUT2D eigenvalue weighted by Crippen LogP contribution is -2.27. The van der Waals surface area contributed by atoms with E-state index in [9.17, 15) is 27.9 Å². The summed E-state index contributed by atoms with van der Waals surface area (Å²) in [6, 6.07) is 15.6. The third-order valence-electron chi connectivity index (χ3n) is 7.16. The van der Waals surface area contributed by atoms with Gasteiger partial charge in [0.05, 0.1) is 39.1 Å². The molecule has 0 bridgehead atoms. The molecule has 4 aromatic heterocycles. The van der Waals surface area contributed by atoms with Crippen molar-refractivity contribution in [3.63, 3.8) is 0 Å². The van der Waals surface area contributed by atoms with Gasteiger partial charge in [0.1, 0.15) is 18.2 Å². The zero-order chi connectivity index (χ0) is 32.0. The van der Waals surface area contributed by atoms with Crippen molar-refractivity contribution in [2.45, 2.75) is 26.6 Å². The average molecular weight is 651 g/mol. The molecule has 0 saturated carbocycles. The number of hydrogen-bond donors (Lipinski definition) is 1. The number of thiophene rings is 1. The molecule has 0 spiro atoms. The molecule has 0 unspecified atom stereocenters. The van der Waals surface area contributed by atoms with Crippen LogP contribution in [-0.2, 0) is 12.7 Å². The number of hydrogen-bond acceptors (Lipinski definition) is 7. The summed E-state index contributed by atoms with van der Waals surface area (Å²) in [5, 5.41) is 11.6. The number of fused-ring (bicyclic) bond motifs is 2. The minimum atomic E-state index is -4.71. The van der Waals surface area contributed by atoms with Gasteiger partial charge >= 0.3 is 12.1 Å². The summed E-state index contributed by atoms with van der Waals surface area (Å²) in [4.78, 5) is 38.2. The molecular weight excluding hydrogens is 629 g/mol. The SMILES string of the molecule is Cc1cc(-c2cc(Cl)ccc2OCCn2c(C)nc3cc(C(F)(F)F)c(-c4ccccc4)nc3c2=O)c2scc(C(=O)O)c2n1. The first-order valence-electron chi connectivity index (χ1n) is 13.5. The average Bonchev–Trinajstić information content (AvgIpc) is 3.42. The van der Waals surface area contributed by atoms with Crippen LogP contribution in [0.2, 0.25) is 5.02 Å². The van der Waals surface area contributed by atoms with Crippen molar-refractivity contribution in [1.29, 1.82) is 0 Å². The number of benzene rings is 2. The van der Waals surface area contributed by atoms with Crippen molar-refractivity contribution in [3.8, 4) is 28.1 Å². The first kappa shape index (κ1) is 30.2. The molecule has 13 heteroatoms. The number of carboxylic acids is 1. The zero-order valence-corrected chi connectivity index (χ0v) is 25.2. The predicted octanol–water partition coefficient (Wildman–Crippen LogP) is 7.80. The van der Waals surface area contributed by atoms with Crippen LogP contribution >= 0.6 is 22.9 Å². The molecule has 0 aliphatic heterocycles. The van der Waals surface area contributed by atoms with Gasteiger partial charge in [0.25, 0.3) is 5.56 Å². The molecule has 1 N–H and O–H groups in total. The van der Waals surface area contributed by atoms with E-state index >= 15 is 0 Å². The van der Waals surface area contributed by atoms with E-state index in [1.807, 2.05) is 6.07 Å². The van der Waals surface area contributed by atoms with Gasteiger partial charge in [0.15, 0.2) is 5.52 Å². The summed E-state index contributed by atoms with van der Waals surface area (Å²) in [7, 11) is 0. The van der Waals surface area contributed by atoms with Crippen LogP contribution in [0.1, 0.15) is 27.4 Å². The number of rotatable bonds is 7. The normalized spacial score (nSPS) is 11.8. The van der Waals surface area contributed by atoms with Crippen LogP contribution in [-0.4, -0.2) is 37.2 Å². The van der Waals surface area contributed by atoms with Crippen LogP contribution in [0.5, 0.6) is 5.75 Å². The zero-order valence-electron chi connectivity index (χ0n) is 23.6. The van der Waals surface area contributed by atoms with Gasteiger partial charge in [-0.1, -0.05) is 41.9 Å². The molecule has 8 nitrogen and oxygen atoms in total. The van der Waals surface area contributed by atoms with Crippen molar-refractivity contribution in [3.05, 3.63) is 104 Å². The number of halogens is 4. The van der Waals surface area contributed by atoms with E-state index in [1.54, 1.807) is 43.3 Å². The fourth-order valence-corrected chi connectivity index (χ4v) is 6.31. The lowest BCUT2D eigenvalue weighted by molar-refractivity contribution is -0.137. The predicted molar refractivity (Wildman–Crippen MR) is 166 cm³/mol. The quantitative estimate of drug-likeness (QED) is 0.188. The van der Waals surface area contributed by atoms with Gasteiger partial charge in [-0.05, 0) is 44.2 Å². The van der Waals surface area contributed by atoms with E-state index in [2.05, 4.69) is 15.0 Å². The molecule has 0 atom stereocenters. The summed E-state index contributed by atoms with van der Waals surface area (Å²) < 4.78 is 50.0. The molecule has 228 valence electrons. The number of aromatic carboxylic acids is 1. The number of nitrogens with zero attached hydrogens (tertiary/aromatic N) is 4. The Morgan fingerprint density at radius 1 is 1.00 bits per heavy atom. The second-order valence-corrected chi connectivity index (χ2v) is 11.5. The summed E-state index contributed by atoms with van der Waals surface area (Å²) in [6.45, 7) is 3.30. The van der Waals surface area contributed by atoms with E-state index in [4.69, 9.17) is 16.3 Å². The topological polar surface area (TPSA) is 107 Å². The Morgan fingerprint density at radius 3 is 2.47 bits per heavy atom. The smallest absolute Gasteiger partial charge is 0.418 e. The lowest BCUT2D eigenvalue weighted by Gasteiger charge is -2.16. The highest BCUT2D eigenvalue weighted by atomic mass is 35.5. The number of pyridine rings is 2. The highest BCUT2D eigenvalue weighted by Gasteiger charge is 2.35. The molecule has 0 saturated heterocycles. The molecular formula is C32H22ClF3N4O4S. The number of aryl methyl sites for hydroxylation is 2. The number of ether oxygens (including phenoxy) is 1. The first-order valence-corrected chi connectivity index (χ1v) is 14.8. The largest absolute Gasteiger partial charge is 0.491 e. The van der Waals surface area contributed by atoms with Crippen molar-refractivity contribution in [2.24, 2.45) is 0 Å². The Bertz CT molecular complexity index is 2180. The standard InChI is InChI=1S/C32H22ClF3N4O4S/c1-16-12-21(29-27(37-16)22(15-45-29)31(42)43)20-13-19(33)8-9-25(20)44-11-10-40-17(2)38-24-14-23(32(34,35)36)26(39-28(24)30(40)41)18-6-4-3-5-7-18/h3-9,12-15H,10-11H2,1-2H3,(H,42,43). The molecule has 0 aliphatic carbocycles. The van der Waals surface area contributed by atoms with Gasteiger partial charge in [-0.3, -0.25) is 14.3 Å². The van der Waals surface area contributed by atoms with Gasteiger partial charge in [-0.25, -0.2) is 14.8 Å². The van der Waals surface area contributed by atoms with E-state index < -0.39 is 23.3 Å². The highest BCUT2D eigenvalue weighted by molar-refractivity contribution is 7.18. The Hall–Kier alpha value is -4.81. The third kappa shape index (κ3) is 5.74. The Morgan fingerprint density at radius 2 is 1.76 bits per heavy atom. The number of carbonyl (C=O) groups is 1.